The van der Waals surface area contributed by atoms with Gasteiger partial charge in [-0.25, -0.2) is 4.79 Å². The highest BCUT2D eigenvalue weighted by Crippen LogP contribution is 2.51. The lowest BCUT2D eigenvalue weighted by atomic mass is 9.79. The average molecular weight is 327 g/mol. The van der Waals surface area contributed by atoms with Gasteiger partial charge in [-0.3, -0.25) is 4.79 Å². The SMILES string of the molecule is CC1CC(SC2=C(C(=O)O)N3C(=O)C(C(C)O)C3C2C)CO1. The van der Waals surface area contributed by atoms with Crippen LogP contribution < -0.4 is 0 Å². The summed E-state index contributed by atoms with van der Waals surface area (Å²) < 4.78 is 5.55. The van der Waals surface area contributed by atoms with E-state index in [4.69, 9.17) is 4.74 Å². The van der Waals surface area contributed by atoms with E-state index >= 15 is 0 Å². The third-order valence-corrected chi connectivity index (χ3v) is 6.25. The molecule has 0 radical (unpaired) electrons. The molecule has 0 aromatic rings. The minimum atomic E-state index is -1.07. The molecule has 0 spiro atoms. The molecule has 3 heterocycles. The van der Waals surface area contributed by atoms with Gasteiger partial charge < -0.3 is 19.8 Å². The van der Waals surface area contributed by atoms with E-state index in [2.05, 4.69) is 0 Å². The Morgan fingerprint density at radius 3 is 2.64 bits per heavy atom. The van der Waals surface area contributed by atoms with E-state index in [0.29, 0.717) is 6.61 Å². The number of thioether (sulfide) groups is 1. The number of aliphatic hydroxyl groups is 1. The van der Waals surface area contributed by atoms with Gasteiger partial charge in [0.2, 0.25) is 5.91 Å². The molecule has 0 aromatic carbocycles. The van der Waals surface area contributed by atoms with Crippen LogP contribution in [0.5, 0.6) is 0 Å². The van der Waals surface area contributed by atoms with E-state index in [1.54, 1.807) is 6.92 Å². The van der Waals surface area contributed by atoms with Crippen LogP contribution in [0, 0.1) is 11.8 Å². The summed E-state index contributed by atoms with van der Waals surface area (Å²) in [5.41, 5.74) is 0.101. The second-order valence-electron chi connectivity index (χ2n) is 6.39. The van der Waals surface area contributed by atoms with E-state index < -0.39 is 18.0 Å². The van der Waals surface area contributed by atoms with Crippen LogP contribution >= 0.6 is 11.8 Å². The molecule has 2 fully saturated rings. The molecule has 3 aliphatic rings. The van der Waals surface area contributed by atoms with E-state index in [0.717, 1.165) is 11.3 Å². The normalized spacial score (nSPS) is 39.0. The van der Waals surface area contributed by atoms with Crippen molar-refractivity contribution in [2.75, 3.05) is 6.61 Å². The third-order valence-electron chi connectivity index (χ3n) is 4.77. The van der Waals surface area contributed by atoms with Crippen molar-refractivity contribution in [3.8, 4) is 0 Å². The molecule has 0 saturated carbocycles. The predicted molar refractivity (Wildman–Crippen MR) is 81.0 cm³/mol. The molecule has 0 aliphatic carbocycles. The fraction of sp³-hybridized carbons (Fsp3) is 0.733. The van der Waals surface area contributed by atoms with Crippen molar-refractivity contribution in [1.82, 2.24) is 4.90 Å². The zero-order valence-electron chi connectivity index (χ0n) is 12.9. The van der Waals surface area contributed by atoms with E-state index in [1.165, 1.54) is 16.7 Å². The van der Waals surface area contributed by atoms with Gasteiger partial charge in [0.1, 0.15) is 5.70 Å². The molecular weight excluding hydrogens is 306 g/mol. The average Bonchev–Trinajstić information content (AvgIpc) is 2.92. The molecule has 6 nitrogen and oxygen atoms in total. The van der Waals surface area contributed by atoms with Crippen molar-refractivity contribution in [3.63, 3.8) is 0 Å². The number of fused-ring (bicyclic) bond motifs is 1. The van der Waals surface area contributed by atoms with Crippen molar-refractivity contribution in [1.29, 1.82) is 0 Å². The first-order valence-corrected chi connectivity index (χ1v) is 8.47. The Hall–Kier alpha value is -1.05. The topological polar surface area (TPSA) is 87.1 Å². The Morgan fingerprint density at radius 1 is 1.45 bits per heavy atom. The molecule has 6 atom stereocenters. The van der Waals surface area contributed by atoms with Crippen molar-refractivity contribution in [2.24, 2.45) is 11.8 Å². The van der Waals surface area contributed by atoms with Crippen molar-refractivity contribution >= 4 is 23.6 Å². The van der Waals surface area contributed by atoms with Crippen molar-refractivity contribution in [2.45, 2.75) is 50.7 Å². The molecule has 2 N–H and O–H groups in total. The number of nitrogens with zero attached hydrogens (tertiary/aromatic N) is 1. The van der Waals surface area contributed by atoms with Gasteiger partial charge in [0.05, 0.1) is 30.8 Å². The van der Waals surface area contributed by atoms with Crippen LogP contribution in [0.2, 0.25) is 0 Å². The van der Waals surface area contributed by atoms with Crippen LogP contribution in [0.1, 0.15) is 27.2 Å². The monoisotopic (exact) mass is 327 g/mol. The number of carboxylic acids is 1. The van der Waals surface area contributed by atoms with Gasteiger partial charge in [0.25, 0.3) is 0 Å². The van der Waals surface area contributed by atoms with Gasteiger partial charge in [0, 0.05) is 16.1 Å². The van der Waals surface area contributed by atoms with Gasteiger partial charge in [-0.15, -0.1) is 11.8 Å². The van der Waals surface area contributed by atoms with Gasteiger partial charge in [-0.2, -0.15) is 0 Å². The molecular formula is C15H21NO5S. The number of carbonyl (C=O) groups is 2. The first kappa shape index (κ1) is 15.8. The number of carboxylic acid groups (broad SMARTS) is 1. The molecule has 1 amide bonds. The minimum absolute atomic E-state index is 0.0655. The molecule has 7 heteroatoms. The fourth-order valence-corrected chi connectivity index (χ4v) is 5.24. The molecule has 2 saturated heterocycles. The zero-order chi connectivity index (χ0) is 16.2. The Labute approximate surface area is 133 Å². The van der Waals surface area contributed by atoms with Gasteiger partial charge in [0.15, 0.2) is 0 Å². The summed E-state index contributed by atoms with van der Waals surface area (Å²) in [5.74, 6) is -1.91. The Balaban J connectivity index is 1.87. The molecule has 3 aliphatic heterocycles. The largest absolute Gasteiger partial charge is 0.477 e. The summed E-state index contributed by atoms with van der Waals surface area (Å²) in [6.07, 6.45) is 0.309. The highest BCUT2D eigenvalue weighted by molar-refractivity contribution is 8.03. The molecule has 0 aromatic heterocycles. The van der Waals surface area contributed by atoms with Crippen LogP contribution in [0.3, 0.4) is 0 Å². The number of amides is 1. The number of rotatable bonds is 4. The zero-order valence-corrected chi connectivity index (χ0v) is 13.7. The fourth-order valence-electron chi connectivity index (χ4n) is 3.72. The quantitative estimate of drug-likeness (QED) is 0.751. The number of ether oxygens (including phenoxy) is 1. The third kappa shape index (κ3) is 2.26. The second-order valence-corrected chi connectivity index (χ2v) is 7.73. The Morgan fingerprint density at radius 2 is 2.14 bits per heavy atom. The first-order valence-electron chi connectivity index (χ1n) is 7.59. The summed E-state index contributed by atoms with van der Waals surface area (Å²) in [7, 11) is 0. The summed E-state index contributed by atoms with van der Waals surface area (Å²) in [5, 5.41) is 19.6. The van der Waals surface area contributed by atoms with Crippen LogP contribution in [0.25, 0.3) is 0 Å². The Bertz CT molecular complexity index is 546. The number of hydrogen-bond donors (Lipinski definition) is 2. The van der Waals surface area contributed by atoms with Gasteiger partial charge in [-0.05, 0) is 20.3 Å². The van der Waals surface area contributed by atoms with E-state index in [-0.39, 0.29) is 34.9 Å². The number of carbonyl (C=O) groups excluding carboxylic acids is 1. The van der Waals surface area contributed by atoms with Crippen LogP contribution in [0.4, 0.5) is 0 Å². The molecule has 122 valence electrons. The maximum Gasteiger partial charge on any atom is 0.353 e. The highest BCUT2D eigenvalue weighted by Gasteiger charge is 2.60. The summed E-state index contributed by atoms with van der Waals surface area (Å²) in [6.45, 7) is 6.14. The predicted octanol–water partition coefficient (Wildman–Crippen LogP) is 1.05. The lowest BCUT2D eigenvalue weighted by Gasteiger charge is -2.46. The lowest BCUT2D eigenvalue weighted by molar-refractivity contribution is -0.163. The van der Waals surface area contributed by atoms with Crippen molar-refractivity contribution in [3.05, 3.63) is 10.6 Å². The number of hydrogen-bond acceptors (Lipinski definition) is 5. The molecule has 6 unspecified atom stereocenters. The number of β-lactam (4-membered cyclic amide) rings is 1. The molecule has 3 rings (SSSR count). The smallest absolute Gasteiger partial charge is 0.353 e. The van der Waals surface area contributed by atoms with Crippen LogP contribution in [-0.2, 0) is 14.3 Å². The van der Waals surface area contributed by atoms with Crippen LogP contribution in [-0.4, -0.2) is 57.1 Å². The lowest BCUT2D eigenvalue weighted by Crippen LogP contribution is -2.63. The van der Waals surface area contributed by atoms with Crippen molar-refractivity contribution < 1.29 is 24.5 Å². The number of aliphatic hydroxyl groups excluding tert-OH is 1. The summed E-state index contributed by atoms with van der Waals surface area (Å²) >= 11 is 1.52. The maximum absolute atomic E-state index is 12.2. The highest BCUT2D eigenvalue weighted by atomic mass is 32.2. The van der Waals surface area contributed by atoms with E-state index in [1.807, 2.05) is 13.8 Å². The van der Waals surface area contributed by atoms with Gasteiger partial charge >= 0.3 is 5.97 Å². The van der Waals surface area contributed by atoms with Crippen LogP contribution in [0.15, 0.2) is 10.6 Å². The summed E-state index contributed by atoms with van der Waals surface area (Å²) in [4.78, 5) is 26.0. The standard InChI is InChI=1S/C15H21NO5S/c1-6-4-9(5-21-6)22-13-7(2)11-10(8(3)17)14(18)16(11)12(13)15(19)20/h6-11,17H,4-5H2,1-3H3,(H,19,20). The Kier molecular flexibility index (Phi) is 3.99. The minimum Gasteiger partial charge on any atom is -0.477 e. The maximum atomic E-state index is 12.2. The van der Waals surface area contributed by atoms with E-state index in [9.17, 15) is 19.8 Å². The number of aliphatic carboxylic acids is 1. The first-order chi connectivity index (χ1) is 10.3. The second kappa shape index (κ2) is 5.54. The summed E-state index contributed by atoms with van der Waals surface area (Å²) in [6, 6.07) is -0.235. The molecule has 22 heavy (non-hydrogen) atoms. The van der Waals surface area contributed by atoms with Gasteiger partial charge in [-0.1, -0.05) is 6.92 Å². The molecule has 0 bridgehead atoms.